The Balaban J connectivity index is 0.914. The van der Waals surface area contributed by atoms with Crippen LogP contribution in [-0.2, 0) is 0 Å². The summed E-state index contributed by atoms with van der Waals surface area (Å²) in [4.78, 5) is 4.90. The van der Waals surface area contributed by atoms with Gasteiger partial charge in [-0.05, 0) is 142 Å². The van der Waals surface area contributed by atoms with Gasteiger partial charge in [0.25, 0.3) is 0 Å². The predicted molar refractivity (Wildman–Crippen MR) is 306 cm³/mol. The molecule has 0 radical (unpaired) electrons. The number of benzene rings is 12. The SMILES string of the molecule is Cc1cccc(N(c2ccc(-c3cccc4c3sc3ccccc34)cc2)c2ccc3ccc4c(N(c5ccc(-c6cccc7c6sc6ccccc67)cc5)c5cccc(C)c5)ccc5ccc2c3c54)c1. The Kier molecular flexibility index (Phi) is 9.42. The van der Waals surface area contributed by atoms with Crippen molar-refractivity contribution in [3.8, 4) is 22.3 Å². The molecule has 2 aromatic heterocycles. The first kappa shape index (κ1) is 40.8. The normalized spacial score (nSPS) is 11.9. The Morgan fingerprint density at radius 1 is 0.300 bits per heavy atom. The Morgan fingerprint density at radius 2 is 0.700 bits per heavy atom. The smallest absolute Gasteiger partial charge is 0.0540 e. The van der Waals surface area contributed by atoms with E-state index in [1.165, 1.54) is 106 Å². The summed E-state index contributed by atoms with van der Waals surface area (Å²) in [6.45, 7) is 4.36. The molecule has 70 heavy (non-hydrogen) atoms. The highest BCUT2D eigenvalue weighted by atomic mass is 32.1. The van der Waals surface area contributed by atoms with E-state index >= 15 is 0 Å². The second-order valence-corrected chi connectivity index (χ2v) is 20.7. The number of anilines is 6. The molecular formula is C66H44N2S2. The molecule has 0 fully saturated rings. The molecule has 330 valence electrons. The van der Waals surface area contributed by atoms with Crippen LogP contribution in [0.3, 0.4) is 0 Å². The Bertz CT molecular complexity index is 4050. The van der Waals surface area contributed by atoms with Crippen LogP contribution in [0.5, 0.6) is 0 Å². The lowest BCUT2D eigenvalue weighted by Gasteiger charge is -2.29. The van der Waals surface area contributed by atoms with Crippen molar-refractivity contribution in [2.45, 2.75) is 13.8 Å². The molecule has 4 heteroatoms. The fourth-order valence-electron chi connectivity index (χ4n) is 11.1. The number of hydrogen-bond acceptors (Lipinski definition) is 4. The molecule has 0 saturated heterocycles. The number of aryl methyl sites for hydroxylation is 2. The van der Waals surface area contributed by atoms with Gasteiger partial charge in [-0.15, -0.1) is 22.7 Å². The van der Waals surface area contributed by atoms with Crippen LogP contribution in [0.2, 0.25) is 0 Å². The van der Waals surface area contributed by atoms with Crippen LogP contribution in [0.1, 0.15) is 11.1 Å². The number of nitrogens with zero attached hydrogens (tertiary/aromatic N) is 2. The number of thiophene rings is 2. The molecule has 0 aliphatic heterocycles. The van der Waals surface area contributed by atoms with E-state index in [1.807, 2.05) is 22.7 Å². The zero-order chi connectivity index (χ0) is 46.5. The average molecular weight is 929 g/mol. The second-order valence-electron chi connectivity index (χ2n) is 18.6. The monoisotopic (exact) mass is 928 g/mol. The van der Waals surface area contributed by atoms with Gasteiger partial charge < -0.3 is 9.80 Å². The maximum Gasteiger partial charge on any atom is 0.0540 e. The molecule has 0 spiro atoms. The zero-order valence-corrected chi connectivity index (χ0v) is 40.3. The molecule has 0 unspecified atom stereocenters. The minimum Gasteiger partial charge on any atom is -0.310 e. The van der Waals surface area contributed by atoms with E-state index in [9.17, 15) is 0 Å². The summed E-state index contributed by atoms with van der Waals surface area (Å²) in [5.74, 6) is 0. The van der Waals surface area contributed by atoms with Crippen LogP contribution in [0.4, 0.5) is 34.1 Å². The topological polar surface area (TPSA) is 6.48 Å². The van der Waals surface area contributed by atoms with Crippen molar-refractivity contribution in [2.75, 3.05) is 9.80 Å². The summed E-state index contributed by atoms with van der Waals surface area (Å²) >= 11 is 3.76. The first-order valence-electron chi connectivity index (χ1n) is 24.0. The van der Waals surface area contributed by atoms with Crippen molar-refractivity contribution < 1.29 is 0 Å². The lowest BCUT2D eigenvalue weighted by molar-refractivity contribution is 1.28. The highest BCUT2D eigenvalue weighted by Crippen LogP contribution is 2.49. The molecular weight excluding hydrogens is 885 g/mol. The van der Waals surface area contributed by atoms with Crippen molar-refractivity contribution >= 4 is 129 Å². The van der Waals surface area contributed by atoms with E-state index < -0.39 is 0 Å². The maximum absolute atomic E-state index is 2.45. The quantitative estimate of drug-likeness (QED) is 0.140. The van der Waals surface area contributed by atoms with Gasteiger partial charge in [-0.25, -0.2) is 0 Å². The van der Waals surface area contributed by atoms with Crippen LogP contribution < -0.4 is 9.80 Å². The number of fused-ring (bicyclic) bond motifs is 6. The summed E-state index contributed by atoms with van der Waals surface area (Å²) in [7, 11) is 0. The van der Waals surface area contributed by atoms with Crippen molar-refractivity contribution in [1.82, 2.24) is 0 Å². The lowest BCUT2D eigenvalue weighted by Crippen LogP contribution is -2.11. The highest BCUT2D eigenvalue weighted by Gasteiger charge is 2.23. The van der Waals surface area contributed by atoms with Gasteiger partial charge in [-0.2, -0.15) is 0 Å². The summed E-state index contributed by atoms with van der Waals surface area (Å²) in [5, 5.41) is 12.7. The standard InChI is InChI=1S/C66H44N2S2/c1-41-11-7-13-49(39-41)67(47-31-23-43(24-32-47)51-17-9-19-55-53-15-3-5-21-61(53)69-65(51)55)59-37-29-45-28-36-58-60(38-30-46-27-35-57(59)63(45)64(46)58)68(50-14-8-12-42(2)40-50)48-33-25-44(26-34-48)52-18-10-20-56-54-16-4-6-22-62(54)70-66(52)56/h3-40H,1-2H3. The molecule has 12 aromatic carbocycles. The van der Waals surface area contributed by atoms with Gasteiger partial charge in [0.1, 0.15) is 0 Å². The van der Waals surface area contributed by atoms with Gasteiger partial charge in [-0.1, -0.05) is 158 Å². The van der Waals surface area contributed by atoms with Gasteiger partial charge in [0, 0.05) is 73.9 Å². The second kappa shape index (κ2) is 16.2. The fraction of sp³-hybridized carbons (Fsp3) is 0.0303. The summed E-state index contributed by atoms with van der Waals surface area (Å²) in [6.07, 6.45) is 0. The minimum atomic E-state index is 1.12. The molecule has 0 aliphatic carbocycles. The molecule has 0 amide bonds. The van der Waals surface area contributed by atoms with Crippen LogP contribution in [0.15, 0.2) is 231 Å². The molecule has 0 saturated carbocycles. The molecule has 0 atom stereocenters. The van der Waals surface area contributed by atoms with E-state index in [0.29, 0.717) is 0 Å². The number of rotatable bonds is 8. The minimum absolute atomic E-state index is 1.12. The van der Waals surface area contributed by atoms with E-state index in [1.54, 1.807) is 0 Å². The highest BCUT2D eigenvalue weighted by molar-refractivity contribution is 7.26. The third-order valence-corrected chi connectivity index (χ3v) is 16.7. The third kappa shape index (κ3) is 6.52. The van der Waals surface area contributed by atoms with E-state index in [0.717, 1.165) is 34.1 Å². The maximum atomic E-state index is 2.45. The van der Waals surface area contributed by atoms with Crippen LogP contribution >= 0.6 is 22.7 Å². The van der Waals surface area contributed by atoms with Crippen molar-refractivity contribution in [1.29, 1.82) is 0 Å². The Morgan fingerprint density at radius 3 is 1.14 bits per heavy atom. The molecule has 14 rings (SSSR count). The summed E-state index contributed by atoms with van der Waals surface area (Å²) in [5.41, 5.74) is 14.2. The molecule has 14 aromatic rings. The van der Waals surface area contributed by atoms with Gasteiger partial charge in [0.15, 0.2) is 0 Å². The van der Waals surface area contributed by atoms with Crippen LogP contribution in [-0.4, -0.2) is 0 Å². The van der Waals surface area contributed by atoms with E-state index in [2.05, 4.69) is 254 Å². The van der Waals surface area contributed by atoms with Crippen molar-refractivity contribution in [3.05, 3.63) is 242 Å². The largest absolute Gasteiger partial charge is 0.310 e. The van der Waals surface area contributed by atoms with Gasteiger partial charge >= 0.3 is 0 Å². The molecule has 0 aliphatic rings. The number of hydrogen-bond donors (Lipinski definition) is 0. The van der Waals surface area contributed by atoms with Gasteiger partial charge in [0.2, 0.25) is 0 Å². The van der Waals surface area contributed by atoms with Crippen LogP contribution in [0.25, 0.3) is 94.9 Å². The zero-order valence-electron chi connectivity index (χ0n) is 38.7. The third-order valence-electron chi connectivity index (χ3n) is 14.3. The van der Waals surface area contributed by atoms with Crippen LogP contribution in [0, 0.1) is 13.8 Å². The fourth-order valence-corrected chi connectivity index (χ4v) is 13.6. The van der Waals surface area contributed by atoms with Crippen molar-refractivity contribution in [2.24, 2.45) is 0 Å². The van der Waals surface area contributed by atoms with Gasteiger partial charge in [-0.3, -0.25) is 0 Å². The molecule has 2 nitrogen and oxygen atoms in total. The summed E-state index contributed by atoms with van der Waals surface area (Å²) in [6, 6.07) is 85.7. The van der Waals surface area contributed by atoms with E-state index in [-0.39, 0.29) is 0 Å². The first-order chi connectivity index (χ1) is 34.5. The predicted octanol–water partition coefficient (Wildman–Crippen LogP) is 20.2. The van der Waals surface area contributed by atoms with Crippen molar-refractivity contribution in [3.63, 3.8) is 0 Å². The molecule has 0 bridgehead atoms. The Labute approximate surface area is 414 Å². The molecule has 2 heterocycles. The lowest BCUT2D eigenvalue weighted by atomic mass is 9.91. The average Bonchev–Trinajstić information content (AvgIpc) is 3.98. The summed E-state index contributed by atoms with van der Waals surface area (Å²) < 4.78 is 5.30. The van der Waals surface area contributed by atoms with E-state index in [4.69, 9.17) is 0 Å². The van der Waals surface area contributed by atoms with Gasteiger partial charge in [0.05, 0.1) is 11.4 Å². The molecule has 0 N–H and O–H groups in total. The Hall–Kier alpha value is -8.28. The first-order valence-corrected chi connectivity index (χ1v) is 25.6.